The minimum absolute atomic E-state index is 0.143. The van der Waals surface area contributed by atoms with E-state index in [1.165, 1.54) is 31.4 Å². The molecule has 3 rings (SSSR count). The minimum atomic E-state index is -4.53. The lowest BCUT2D eigenvalue weighted by Gasteiger charge is -2.13. The van der Waals surface area contributed by atoms with Crippen LogP contribution in [-0.4, -0.2) is 25.0 Å². The lowest BCUT2D eigenvalue weighted by atomic mass is 10.0. The van der Waals surface area contributed by atoms with Gasteiger partial charge in [-0.3, -0.25) is 0 Å². The summed E-state index contributed by atoms with van der Waals surface area (Å²) in [5.74, 6) is -0.276. The van der Waals surface area contributed by atoms with Gasteiger partial charge in [0.2, 0.25) is 0 Å². The van der Waals surface area contributed by atoms with Gasteiger partial charge in [-0.25, -0.2) is 4.79 Å². The first-order valence-electron chi connectivity index (χ1n) is 8.29. The Morgan fingerprint density at radius 2 is 1.93 bits per heavy atom. The molecule has 0 aromatic heterocycles. The number of hydrogen-bond acceptors (Lipinski definition) is 5. The monoisotopic (exact) mass is 391 g/mol. The molecule has 0 saturated carbocycles. The van der Waals surface area contributed by atoms with Crippen molar-refractivity contribution in [3.8, 4) is 11.5 Å². The van der Waals surface area contributed by atoms with E-state index in [0.717, 1.165) is 5.56 Å². The van der Waals surface area contributed by atoms with Gasteiger partial charge in [0.15, 0.2) is 23.3 Å². The zero-order chi connectivity index (χ0) is 20.1. The summed E-state index contributed by atoms with van der Waals surface area (Å²) in [6, 6.07) is 13.6. The molecule has 0 spiro atoms. The number of oxime groups is 1. The second-order valence-corrected chi connectivity index (χ2v) is 5.91. The summed E-state index contributed by atoms with van der Waals surface area (Å²) in [5.41, 5.74) is 0.290. The number of carbonyl (C=O) groups is 1. The summed E-state index contributed by atoms with van der Waals surface area (Å²) in [7, 11) is 1.36. The number of carbonyl (C=O) groups excluding carboxylic acids is 1. The fourth-order valence-electron chi connectivity index (χ4n) is 2.56. The SMILES string of the molecule is COc1cc(C2CC(C(F)(F)F)=NO2)ccc1OC(=O)/C=C/c1ccccc1. The molecule has 1 aliphatic heterocycles. The third-order valence-electron chi connectivity index (χ3n) is 3.98. The number of nitrogens with zero attached hydrogens (tertiary/aromatic N) is 1. The maximum atomic E-state index is 12.7. The molecule has 0 aliphatic carbocycles. The fourth-order valence-corrected chi connectivity index (χ4v) is 2.56. The van der Waals surface area contributed by atoms with Crippen LogP contribution in [0, 0.1) is 0 Å². The highest BCUT2D eigenvalue weighted by Crippen LogP contribution is 2.37. The molecule has 0 bridgehead atoms. The Hall–Kier alpha value is -3.29. The normalized spacial score (nSPS) is 16.6. The van der Waals surface area contributed by atoms with Crippen LogP contribution < -0.4 is 9.47 Å². The van der Waals surface area contributed by atoms with Crippen LogP contribution in [0.5, 0.6) is 11.5 Å². The summed E-state index contributed by atoms with van der Waals surface area (Å²) < 4.78 is 48.5. The van der Waals surface area contributed by atoms with Crippen LogP contribution in [0.25, 0.3) is 6.08 Å². The number of hydrogen-bond donors (Lipinski definition) is 0. The maximum absolute atomic E-state index is 12.7. The number of halogens is 3. The number of esters is 1. The van der Waals surface area contributed by atoms with E-state index < -0.39 is 30.4 Å². The van der Waals surface area contributed by atoms with E-state index in [0.29, 0.717) is 5.56 Å². The molecule has 0 saturated heterocycles. The first kappa shape index (κ1) is 19.5. The highest BCUT2D eigenvalue weighted by molar-refractivity contribution is 5.91. The van der Waals surface area contributed by atoms with Crippen molar-refractivity contribution in [2.75, 3.05) is 7.11 Å². The Bertz CT molecular complexity index is 907. The van der Waals surface area contributed by atoms with Crippen LogP contribution in [0.1, 0.15) is 23.7 Å². The van der Waals surface area contributed by atoms with Crippen LogP contribution in [0.2, 0.25) is 0 Å². The molecule has 2 aromatic rings. The average Bonchev–Trinajstić information content (AvgIpc) is 3.18. The molecule has 1 unspecified atom stereocenters. The highest BCUT2D eigenvalue weighted by Gasteiger charge is 2.42. The second kappa shape index (κ2) is 8.16. The quantitative estimate of drug-likeness (QED) is 0.421. The second-order valence-electron chi connectivity index (χ2n) is 5.91. The molecule has 5 nitrogen and oxygen atoms in total. The Kier molecular flexibility index (Phi) is 5.67. The summed E-state index contributed by atoms with van der Waals surface area (Å²) in [6.45, 7) is 0. The van der Waals surface area contributed by atoms with Crippen LogP contribution in [-0.2, 0) is 9.63 Å². The summed E-state index contributed by atoms with van der Waals surface area (Å²) in [4.78, 5) is 16.9. The van der Waals surface area contributed by atoms with Gasteiger partial charge in [0.25, 0.3) is 0 Å². The first-order valence-corrected chi connectivity index (χ1v) is 8.29. The van der Waals surface area contributed by atoms with Crippen molar-refractivity contribution >= 4 is 17.8 Å². The largest absolute Gasteiger partial charge is 0.493 e. The van der Waals surface area contributed by atoms with Gasteiger partial charge < -0.3 is 14.3 Å². The highest BCUT2D eigenvalue weighted by atomic mass is 19.4. The predicted molar refractivity (Wildman–Crippen MR) is 96.0 cm³/mol. The van der Waals surface area contributed by atoms with E-state index in [1.807, 2.05) is 30.3 Å². The Labute approximate surface area is 159 Å². The van der Waals surface area contributed by atoms with Crippen molar-refractivity contribution < 1.29 is 32.3 Å². The Morgan fingerprint density at radius 1 is 1.18 bits per heavy atom. The smallest absolute Gasteiger partial charge is 0.432 e. The maximum Gasteiger partial charge on any atom is 0.432 e. The molecular weight excluding hydrogens is 375 g/mol. The van der Waals surface area contributed by atoms with Gasteiger partial charge in [-0.2, -0.15) is 13.2 Å². The van der Waals surface area contributed by atoms with Gasteiger partial charge in [0, 0.05) is 12.5 Å². The third kappa shape index (κ3) is 4.70. The number of benzene rings is 2. The molecular formula is C20H16F3NO4. The van der Waals surface area contributed by atoms with Crippen LogP contribution in [0.15, 0.2) is 59.8 Å². The summed E-state index contributed by atoms with van der Waals surface area (Å²) in [5, 5.41) is 3.10. The summed E-state index contributed by atoms with van der Waals surface area (Å²) >= 11 is 0. The van der Waals surface area contributed by atoms with E-state index in [4.69, 9.17) is 14.3 Å². The molecule has 0 radical (unpaired) electrons. The minimum Gasteiger partial charge on any atom is -0.493 e. The van der Waals surface area contributed by atoms with Gasteiger partial charge in [-0.1, -0.05) is 41.6 Å². The number of ether oxygens (including phenoxy) is 2. The molecule has 1 heterocycles. The molecule has 0 N–H and O–H groups in total. The first-order chi connectivity index (χ1) is 13.4. The standard InChI is InChI=1S/C20H16F3NO4/c1-26-17-11-14(16-12-18(24-28-16)20(21,22)23)8-9-15(17)27-19(25)10-7-13-5-3-2-4-6-13/h2-11,16H,12H2,1H3/b10-7+. The fraction of sp³-hybridized carbons (Fsp3) is 0.200. The molecule has 146 valence electrons. The summed E-state index contributed by atoms with van der Waals surface area (Å²) in [6.07, 6.45) is -2.93. The lowest BCUT2D eigenvalue weighted by molar-refractivity contribution is -0.129. The van der Waals surface area contributed by atoms with Crippen molar-refractivity contribution in [3.63, 3.8) is 0 Å². The van der Waals surface area contributed by atoms with E-state index in [9.17, 15) is 18.0 Å². The molecule has 0 amide bonds. The predicted octanol–water partition coefficient (Wildman–Crippen LogP) is 4.69. The van der Waals surface area contributed by atoms with E-state index in [-0.39, 0.29) is 11.5 Å². The van der Waals surface area contributed by atoms with Crippen LogP contribution in [0.4, 0.5) is 13.2 Å². The molecule has 8 heteroatoms. The molecule has 0 fully saturated rings. The van der Waals surface area contributed by atoms with E-state index in [1.54, 1.807) is 6.08 Å². The van der Waals surface area contributed by atoms with Crippen molar-refractivity contribution in [2.24, 2.45) is 5.16 Å². The van der Waals surface area contributed by atoms with Gasteiger partial charge in [0.05, 0.1) is 7.11 Å². The third-order valence-corrected chi connectivity index (χ3v) is 3.98. The van der Waals surface area contributed by atoms with Gasteiger partial charge >= 0.3 is 12.1 Å². The van der Waals surface area contributed by atoms with Crippen molar-refractivity contribution in [2.45, 2.75) is 18.7 Å². The van der Waals surface area contributed by atoms with E-state index >= 15 is 0 Å². The molecule has 2 aromatic carbocycles. The lowest BCUT2D eigenvalue weighted by Crippen LogP contribution is -2.21. The zero-order valence-corrected chi connectivity index (χ0v) is 14.8. The number of rotatable bonds is 5. The molecule has 1 aliphatic rings. The van der Waals surface area contributed by atoms with Gasteiger partial charge in [-0.15, -0.1) is 0 Å². The van der Waals surface area contributed by atoms with Crippen molar-refractivity contribution in [3.05, 3.63) is 65.7 Å². The van der Waals surface area contributed by atoms with Crippen LogP contribution in [0.3, 0.4) is 0 Å². The number of methoxy groups -OCH3 is 1. The zero-order valence-electron chi connectivity index (χ0n) is 14.8. The van der Waals surface area contributed by atoms with Crippen molar-refractivity contribution in [1.29, 1.82) is 0 Å². The topological polar surface area (TPSA) is 57.1 Å². The van der Waals surface area contributed by atoms with Gasteiger partial charge in [-0.05, 0) is 29.3 Å². The Balaban J connectivity index is 1.68. The van der Waals surface area contributed by atoms with E-state index in [2.05, 4.69) is 5.16 Å². The van der Waals surface area contributed by atoms with Crippen molar-refractivity contribution in [1.82, 2.24) is 0 Å². The molecule has 28 heavy (non-hydrogen) atoms. The molecule has 1 atom stereocenters. The van der Waals surface area contributed by atoms with Gasteiger partial charge in [0.1, 0.15) is 0 Å². The number of alkyl halides is 3. The average molecular weight is 391 g/mol. The van der Waals surface area contributed by atoms with Crippen LogP contribution >= 0.6 is 0 Å². The Morgan fingerprint density at radius 3 is 2.57 bits per heavy atom.